The first-order valence-electron chi connectivity index (χ1n) is 6.17. The van der Waals surface area contributed by atoms with Crippen LogP contribution < -0.4 is 10.2 Å². The van der Waals surface area contributed by atoms with E-state index in [-0.39, 0.29) is 0 Å². The molecule has 0 bridgehead atoms. The number of nitriles is 1. The van der Waals surface area contributed by atoms with Gasteiger partial charge in [0.15, 0.2) is 0 Å². The second-order valence-corrected chi connectivity index (χ2v) is 4.29. The maximum absolute atomic E-state index is 9.55. The highest BCUT2D eigenvalue weighted by molar-refractivity contribution is 6.61. The molecule has 1 heterocycles. The first-order chi connectivity index (χ1) is 9.63. The summed E-state index contributed by atoms with van der Waals surface area (Å²) in [5.74, 6) is 1.27. The number of allylic oxidation sites excluding steroid dienone is 4. The highest BCUT2D eigenvalue weighted by Crippen LogP contribution is 2.19. The van der Waals surface area contributed by atoms with Gasteiger partial charge in [0.2, 0.25) is 0 Å². The first kappa shape index (κ1) is 14.1. The third kappa shape index (κ3) is 3.18. The second kappa shape index (κ2) is 6.24. The maximum Gasteiger partial charge on any atom is 0.491 e. The number of hydrogen-bond donors (Lipinski definition) is 1. The highest BCUT2D eigenvalue weighted by Gasteiger charge is 2.27. The number of hydrogen-bond acceptors (Lipinski definition) is 4. The summed E-state index contributed by atoms with van der Waals surface area (Å²) in [5, 5.41) is 18.2. The van der Waals surface area contributed by atoms with Gasteiger partial charge in [-0.2, -0.15) is 5.26 Å². The van der Waals surface area contributed by atoms with Crippen molar-refractivity contribution in [3.63, 3.8) is 0 Å². The van der Waals surface area contributed by atoms with E-state index in [1.165, 1.54) is 0 Å². The fourth-order valence-corrected chi connectivity index (χ4v) is 1.82. The monoisotopic (exact) mass is 267 g/mol. The molecule has 0 saturated heterocycles. The van der Waals surface area contributed by atoms with E-state index in [4.69, 9.17) is 14.7 Å². The van der Waals surface area contributed by atoms with Gasteiger partial charge in [-0.1, -0.05) is 12.6 Å². The molecule has 20 heavy (non-hydrogen) atoms. The summed E-state index contributed by atoms with van der Waals surface area (Å²) in [6.45, 7) is 5.78. The van der Waals surface area contributed by atoms with E-state index >= 15 is 0 Å². The van der Waals surface area contributed by atoms with E-state index in [2.05, 4.69) is 6.58 Å². The van der Waals surface area contributed by atoms with Gasteiger partial charge in [-0.15, -0.1) is 0 Å². The zero-order chi connectivity index (χ0) is 14.5. The largest absolute Gasteiger partial charge is 0.491 e. The predicted octanol–water partition coefficient (Wildman–Crippen LogP) is 1.82. The molecule has 1 N–H and O–H groups in total. The quantitative estimate of drug-likeness (QED) is 0.391. The Bertz CT molecular complexity index is 628. The van der Waals surface area contributed by atoms with Crippen molar-refractivity contribution in [1.82, 2.24) is 0 Å². The Labute approximate surface area is 118 Å². The third-order valence-corrected chi connectivity index (χ3v) is 2.89. The van der Waals surface area contributed by atoms with E-state index in [9.17, 15) is 5.02 Å². The van der Waals surface area contributed by atoms with E-state index < -0.39 is 7.12 Å². The topological polar surface area (TPSA) is 62.5 Å². The molecule has 2 rings (SSSR count). The normalized spacial score (nSPS) is 14.2. The van der Waals surface area contributed by atoms with Crippen LogP contribution in [-0.4, -0.2) is 12.1 Å². The summed E-state index contributed by atoms with van der Waals surface area (Å²) in [7, 11) is -0.848. The molecule has 4 nitrogen and oxygen atoms in total. The Morgan fingerprint density at radius 2 is 2.35 bits per heavy atom. The van der Waals surface area contributed by atoms with Crippen LogP contribution in [0.4, 0.5) is 0 Å². The molecule has 1 aromatic rings. The van der Waals surface area contributed by atoms with Crippen LogP contribution in [0.2, 0.25) is 0 Å². The summed E-state index contributed by atoms with van der Waals surface area (Å²) in [4.78, 5) is 0. The Balaban J connectivity index is 2.12. The minimum absolute atomic E-state index is 0.360. The lowest BCUT2D eigenvalue weighted by atomic mass is 9.80. The van der Waals surface area contributed by atoms with Crippen LogP contribution in [0.15, 0.2) is 54.3 Å². The molecule has 1 aromatic carbocycles. The summed E-state index contributed by atoms with van der Waals surface area (Å²) >= 11 is 0. The molecule has 0 aliphatic carbocycles. The van der Waals surface area contributed by atoms with E-state index in [1.807, 2.05) is 19.1 Å². The molecule has 0 unspecified atom stereocenters. The molecule has 0 saturated carbocycles. The van der Waals surface area contributed by atoms with Crippen LogP contribution in [0.1, 0.15) is 12.5 Å². The summed E-state index contributed by atoms with van der Waals surface area (Å²) in [5.41, 5.74) is 2.04. The molecule has 1 aliphatic heterocycles. The lowest BCUT2D eigenvalue weighted by Crippen LogP contribution is -2.27. The number of nitrogens with zero attached hydrogens (tertiary/aromatic N) is 1. The van der Waals surface area contributed by atoms with Gasteiger partial charge in [0.25, 0.3) is 0 Å². The fraction of sp³-hybridized carbons (Fsp3) is 0.133. The lowest BCUT2D eigenvalue weighted by Gasteiger charge is -2.07. The van der Waals surface area contributed by atoms with Gasteiger partial charge in [0.1, 0.15) is 11.5 Å². The van der Waals surface area contributed by atoms with Crippen molar-refractivity contribution in [2.75, 3.05) is 0 Å². The molecular weight excluding hydrogens is 253 g/mol. The molecule has 100 valence electrons. The van der Waals surface area contributed by atoms with E-state index in [1.54, 1.807) is 30.4 Å². The van der Waals surface area contributed by atoms with E-state index in [0.29, 0.717) is 23.7 Å². The maximum atomic E-state index is 9.55. The number of benzene rings is 1. The Morgan fingerprint density at radius 1 is 1.55 bits per heavy atom. The van der Waals surface area contributed by atoms with Crippen LogP contribution in [-0.2, 0) is 11.3 Å². The van der Waals surface area contributed by atoms with Gasteiger partial charge in [-0.05, 0) is 48.3 Å². The van der Waals surface area contributed by atoms with Crippen LogP contribution >= 0.6 is 0 Å². The molecule has 0 atom stereocenters. The summed E-state index contributed by atoms with van der Waals surface area (Å²) in [6, 6.07) is 7.33. The van der Waals surface area contributed by atoms with Gasteiger partial charge in [-0.25, -0.2) is 0 Å². The van der Waals surface area contributed by atoms with Crippen molar-refractivity contribution in [3.8, 4) is 11.8 Å². The Hall–Kier alpha value is -2.29. The minimum Gasteiger partial charge on any atom is -0.458 e. The molecular formula is C15H14BNO3. The summed E-state index contributed by atoms with van der Waals surface area (Å²) in [6.07, 6.45) is 5.07. The average Bonchev–Trinajstić information content (AvgIpc) is 2.84. The molecule has 0 fully saturated rings. The molecule has 0 radical (unpaired) electrons. The number of rotatable bonds is 4. The van der Waals surface area contributed by atoms with Crippen molar-refractivity contribution >= 4 is 12.6 Å². The molecule has 0 spiro atoms. The van der Waals surface area contributed by atoms with Crippen molar-refractivity contribution in [2.45, 2.75) is 13.5 Å². The molecule has 5 heteroatoms. The van der Waals surface area contributed by atoms with Gasteiger partial charge in [0.05, 0.1) is 12.7 Å². The first-order valence-corrected chi connectivity index (χ1v) is 6.17. The standard InChI is InChI=1S/C15H14BNO3/c1-3-13(5-4-11(2)9-17)20-14-6-7-15-12(8-14)10-19-16(15)18/h3-8,18H,2,10H2,1H3/b5-4-,13-3+. The predicted molar refractivity (Wildman–Crippen MR) is 77.1 cm³/mol. The van der Waals surface area contributed by atoms with Crippen LogP contribution in [0.5, 0.6) is 5.75 Å². The highest BCUT2D eigenvalue weighted by atomic mass is 16.5. The molecule has 0 aromatic heterocycles. The minimum atomic E-state index is -0.848. The molecule has 1 aliphatic rings. The van der Waals surface area contributed by atoms with Gasteiger partial charge in [-0.3, -0.25) is 0 Å². The Morgan fingerprint density at radius 3 is 3.05 bits per heavy atom. The Kier molecular flexibility index (Phi) is 4.41. The SMILES string of the molecule is C=C(C#N)/C=C\C(=C/C)Oc1ccc2c(c1)COB2O. The van der Waals surface area contributed by atoms with Gasteiger partial charge >= 0.3 is 7.12 Å². The zero-order valence-corrected chi connectivity index (χ0v) is 11.2. The second-order valence-electron chi connectivity index (χ2n) is 4.29. The van der Waals surface area contributed by atoms with Crippen molar-refractivity contribution in [1.29, 1.82) is 5.26 Å². The van der Waals surface area contributed by atoms with Crippen molar-refractivity contribution < 1.29 is 14.4 Å². The number of ether oxygens (including phenoxy) is 1. The van der Waals surface area contributed by atoms with Crippen LogP contribution in [0.3, 0.4) is 0 Å². The van der Waals surface area contributed by atoms with Crippen molar-refractivity contribution in [3.05, 3.63) is 59.9 Å². The smallest absolute Gasteiger partial charge is 0.458 e. The average molecular weight is 267 g/mol. The van der Waals surface area contributed by atoms with Gasteiger partial charge in [0, 0.05) is 5.57 Å². The molecule has 0 amide bonds. The van der Waals surface area contributed by atoms with Crippen LogP contribution in [0.25, 0.3) is 0 Å². The number of fused-ring (bicyclic) bond motifs is 1. The zero-order valence-electron chi connectivity index (χ0n) is 11.2. The van der Waals surface area contributed by atoms with Crippen molar-refractivity contribution in [2.24, 2.45) is 0 Å². The third-order valence-electron chi connectivity index (χ3n) is 2.89. The van der Waals surface area contributed by atoms with E-state index in [0.717, 1.165) is 11.0 Å². The fourth-order valence-electron chi connectivity index (χ4n) is 1.82. The van der Waals surface area contributed by atoms with Crippen LogP contribution in [0, 0.1) is 11.3 Å². The van der Waals surface area contributed by atoms with Gasteiger partial charge < -0.3 is 14.4 Å². The lowest BCUT2D eigenvalue weighted by molar-refractivity contribution is 0.275. The summed E-state index contributed by atoms with van der Waals surface area (Å²) < 4.78 is 10.8.